The van der Waals surface area contributed by atoms with Gasteiger partial charge in [0.2, 0.25) is 0 Å². The summed E-state index contributed by atoms with van der Waals surface area (Å²) in [5.41, 5.74) is 11.0. The Morgan fingerprint density at radius 3 is 2.32 bits per heavy atom. The minimum absolute atomic E-state index is 0.192. The van der Waals surface area contributed by atoms with Crippen LogP contribution in [0.25, 0.3) is 10.4 Å². The van der Waals surface area contributed by atoms with Gasteiger partial charge < -0.3 is 0 Å². The molecule has 0 aliphatic heterocycles. The molecule has 0 saturated heterocycles. The van der Waals surface area contributed by atoms with E-state index in [0.29, 0.717) is 11.1 Å². The number of azide groups is 1. The first kappa shape index (κ1) is 12.9. The van der Waals surface area contributed by atoms with Crippen molar-refractivity contribution in [3.63, 3.8) is 0 Å². The zero-order chi connectivity index (χ0) is 13.7. The first-order valence-electron chi connectivity index (χ1n) is 5.92. The lowest BCUT2D eigenvalue weighted by atomic mass is 9.97. The van der Waals surface area contributed by atoms with Crippen LogP contribution in [0.5, 0.6) is 0 Å². The Morgan fingerprint density at radius 1 is 1.11 bits per heavy atom. The predicted molar refractivity (Wildman–Crippen MR) is 73.8 cm³/mol. The summed E-state index contributed by atoms with van der Waals surface area (Å²) in [4.78, 5) is 15.1. The summed E-state index contributed by atoms with van der Waals surface area (Å²) >= 11 is 0. The van der Waals surface area contributed by atoms with E-state index in [1.54, 1.807) is 24.3 Å². The van der Waals surface area contributed by atoms with Crippen molar-refractivity contribution < 1.29 is 4.79 Å². The van der Waals surface area contributed by atoms with E-state index in [1.165, 1.54) is 0 Å². The fraction of sp³-hybridized carbons (Fsp3) is 0.133. The van der Waals surface area contributed by atoms with E-state index in [9.17, 15) is 4.79 Å². The molecule has 4 nitrogen and oxygen atoms in total. The summed E-state index contributed by atoms with van der Waals surface area (Å²) in [5, 5.41) is 3.63. The molecule has 1 atom stereocenters. The van der Waals surface area contributed by atoms with Crippen molar-refractivity contribution in [2.24, 2.45) is 5.11 Å². The Hall–Kier alpha value is -2.58. The first-order valence-corrected chi connectivity index (χ1v) is 5.92. The quantitative estimate of drug-likeness (QED) is 0.347. The van der Waals surface area contributed by atoms with Crippen LogP contribution in [0.4, 0.5) is 0 Å². The van der Waals surface area contributed by atoms with Crippen molar-refractivity contribution in [2.75, 3.05) is 0 Å². The van der Waals surface area contributed by atoms with Gasteiger partial charge in [0.05, 0.1) is 0 Å². The van der Waals surface area contributed by atoms with Crippen LogP contribution in [0.1, 0.15) is 27.5 Å². The van der Waals surface area contributed by atoms with E-state index in [-0.39, 0.29) is 5.78 Å². The smallest absolute Gasteiger partial charge is 0.176 e. The molecule has 0 bridgehead atoms. The first-order chi connectivity index (χ1) is 9.22. The third kappa shape index (κ3) is 3.00. The van der Waals surface area contributed by atoms with Crippen LogP contribution in [0.2, 0.25) is 0 Å². The van der Waals surface area contributed by atoms with Crippen molar-refractivity contribution in [1.82, 2.24) is 0 Å². The minimum atomic E-state index is -0.812. The lowest BCUT2D eigenvalue weighted by Crippen LogP contribution is -2.10. The molecule has 0 aliphatic carbocycles. The summed E-state index contributed by atoms with van der Waals surface area (Å²) < 4.78 is 0. The van der Waals surface area contributed by atoms with E-state index in [2.05, 4.69) is 10.0 Å². The highest BCUT2D eigenvalue weighted by Gasteiger charge is 2.20. The van der Waals surface area contributed by atoms with Crippen molar-refractivity contribution in [1.29, 1.82) is 0 Å². The van der Waals surface area contributed by atoms with Crippen LogP contribution in [0.3, 0.4) is 0 Å². The van der Waals surface area contributed by atoms with Crippen LogP contribution in [0.15, 0.2) is 59.7 Å². The molecule has 0 aliphatic rings. The highest BCUT2D eigenvalue weighted by Crippen LogP contribution is 2.23. The maximum atomic E-state index is 12.4. The van der Waals surface area contributed by atoms with Crippen molar-refractivity contribution >= 4 is 5.78 Å². The van der Waals surface area contributed by atoms with Gasteiger partial charge in [-0.1, -0.05) is 65.3 Å². The van der Waals surface area contributed by atoms with Gasteiger partial charge in [0.1, 0.15) is 6.04 Å². The van der Waals surface area contributed by atoms with E-state index < -0.39 is 6.04 Å². The van der Waals surface area contributed by atoms with Crippen LogP contribution in [0, 0.1) is 6.92 Å². The Kier molecular flexibility index (Phi) is 3.96. The number of carbonyl (C=O) groups excluding carboxylic acids is 1. The van der Waals surface area contributed by atoms with Crippen molar-refractivity contribution in [2.45, 2.75) is 13.0 Å². The molecular formula is C15H13N3O. The molecule has 2 aromatic carbocycles. The average molecular weight is 251 g/mol. The van der Waals surface area contributed by atoms with Gasteiger partial charge in [0.25, 0.3) is 0 Å². The molecule has 0 aromatic heterocycles. The Morgan fingerprint density at radius 2 is 1.74 bits per heavy atom. The van der Waals surface area contributed by atoms with Crippen LogP contribution in [-0.2, 0) is 0 Å². The SMILES string of the molecule is Cc1ccc(C(N=[N+]=[N-])C(=O)c2ccccc2)cc1. The third-order valence-corrected chi connectivity index (χ3v) is 2.87. The topological polar surface area (TPSA) is 65.8 Å². The number of carbonyl (C=O) groups is 1. The fourth-order valence-corrected chi connectivity index (χ4v) is 1.83. The summed E-state index contributed by atoms with van der Waals surface area (Å²) in [6.07, 6.45) is 0. The number of ketones is 1. The van der Waals surface area contributed by atoms with Gasteiger partial charge in [-0.3, -0.25) is 4.79 Å². The van der Waals surface area contributed by atoms with Crippen LogP contribution < -0.4 is 0 Å². The number of rotatable bonds is 4. The monoisotopic (exact) mass is 251 g/mol. The molecule has 94 valence electrons. The second-order valence-corrected chi connectivity index (χ2v) is 4.25. The second kappa shape index (κ2) is 5.85. The Balaban J connectivity index is 2.38. The maximum Gasteiger partial charge on any atom is 0.176 e. The van der Waals surface area contributed by atoms with Crippen LogP contribution >= 0.6 is 0 Å². The molecular weight excluding hydrogens is 238 g/mol. The molecule has 0 N–H and O–H groups in total. The number of hydrogen-bond acceptors (Lipinski definition) is 2. The van der Waals surface area contributed by atoms with Gasteiger partial charge in [0.15, 0.2) is 5.78 Å². The summed E-state index contributed by atoms with van der Waals surface area (Å²) in [6.45, 7) is 1.96. The summed E-state index contributed by atoms with van der Waals surface area (Å²) in [6, 6.07) is 15.5. The third-order valence-electron chi connectivity index (χ3n) is 2.87. The molecule has 0 amide bonds. The molecule has 0 heterocycles. The Bertz CT molecular complexity index is 614. The van der Waals surface area contributed by atoms with Gasteiger partial charge >= 0.3 is 0 Å². The van der Waals surface area contributed by atoms with E-state index >= 15 is 0 Å². The van der Waals surface area contributed by atoms with Crippen molar-refractivity contribution in [3.8, 4) is 0 Å². The zero-order valence-electron chi connectivity index (χ0n) is 10.5. The average Bonchev–Trinajstić information content (AvgIpc) is 2.46. The zero-order valence-corrected chi connectivity index (χ0v) is 10.5. The van der Waals surface area contributed by atoms with Gasteiger partial charge in [-0.25, -0.2) is 0 Å². The molecule has 1 unspecified atom stereocenters. The minimum Gasteiger partial charge on any atom is -0.293 e. The van der Waals surface area contributed by atoms with Crippen molar-refractivity contribution in [3.05, 3.63) is 81.7 Å². The number of aryl methyl sites for hydroxylation is 1. The van der Waals surface area contributed by atoms with Gasteiger partial charge in [-0.15, -0.1) is 0 Å². The van der Waals surface area contributed by atoms with E-state index in [0.717, 1.165) is 5.56 Å². The number of Topliss-reactive ketones (excluding diaryl/α,β-unsaturated/α-hetero) is 1. The molecule has 4 heteroatoms. The molecule has 2 aromatic rings. The molecule has 0 saturated carbocycles. The summed E-state index contributed by atoms with van der Waals surface area (Å²) in [7, 11) is 0. The molecule has 0 spiro atoms. The fourth-order valence-electron chi connectivity index (χ4n) is 1.83. The van der Waals surface area contributed by atoms with Gasteiger partial charge in [-0.2, -0.15) is 0 Å². The normalized spacial score (nSPS) is 11.4. The maximum absolute atomic E-state index is 12.4. The second-order valence-electron chi connectivity index (χ2n) is 4.25. The molecule has 0 fully saturated rings. The number of benzene rings is 2. The lowest BCUT2D eigenvalue weighted by molar-refractivity contribution is 0.0961. The number of nitrogens with zero attached hydrogens (tertiary/aromatic N) is 3. The number of hydrogen-bond donors (Lipinski definition) is 0. The highest BCUT2D eigenvalue weighted by atomic mass is 16.1. The summed E-state index contributed by atoms with van der Waals surface area (Å²) in [5.74, 6) is -0.192. The standard InChI is InChI=1S/C15H13N3O/c1-11-7-9-12(10-8-11)14(17-18-16)15(19)13-5-3-2-4-6-13/h2-10,14H,1H3. The molecule has 2 rings (SSSR count). The van der Waals surface area contributed by atoms with Gasteiger partial charge in [-0.05, 0) is 18.0 Å². The van der Waals surface area contributed by atoms with E-state index in [1.807, 2.05) is 37.3 Å². The largest absolute Gasteiger partial charge is 0.293 e. The molecule has 19 heavy (non-hydrogen) atoms. The lowest BCUT2D eigenvalue weighted by Gasteiger charge is -2.10. The van der Waals surface area contributed by atoms with Crippen LogP contribution in [-0.4, -0.2) is 5.78 Å². The van der Waals surface area contributed by atoms with Gasteiger partial charge in [0, 0.05) is 10.5 Å². The van der Waals surface area contributed by atoms with E-state index in [4.69, 9.17) is 5.53 Å². The molecule has 0 radical (unpaired) electrons. The predicted octanol–water partition coefficient (Wildman–Crippen LogP) is 4.23. The highest BCUT2D eigenvalue weighted by molar-refractivity contribution is 6.00. The Labute approximate surface area is 111 Å².